The third-order valence-corrected chi connectivity index (χ3v) is 3.45. The van der Waals surface area contributed by atoms with Crippen LogP contribution in [0.5, 0.6) is 0 Å². The summed E-state index contributed by atoms with van der Waals surface area (Å²) in [6.45, 7) is 3.88. The van der Waals surface area contributed by atoms with Crippen LogP contribution in [-0.4, -0.2) is 16.1 Å². The summed E-state index contributed by atoms with van der Waals surface area (Å²) in [7, 11) is 0. The number of nitro benzene ring substituents is 1. The monoisotopic (exact) mass is 261 g/mol. The van der Waals surface area contributed by atoms with E-state index in [4.69, 9.17) is 0 Å². The molecule has 1 aromatic carbocycles. The Labute approximate surface area is 108 Å². The van der Waals surface area contributed by atoms with Gasteiger partial charge in [-0.15, -0.1) is 0 Å². The van der Waals surface area contributed by atoms with Crippen LogP contribution in [0.3, 0.4) is 0 Å². The lowest BCUT2D eigenvalue weighted by Crippen LogP contribution is -1.93. The minimum Gasteiger partial charge on any atom is -0.258 e. The molecule has 18 heavy (non-hydrogen) atoms. The second kappa shape index (κ2) is 5.05. The summed E-state index contributed by atoms with van der Waals surface area (Å²) in [6, 6.07) is 6.49. The number of nitrogens with zero attached hydrogens (tertiary/aromatic N) is 3. The van der Waals surface area contributed by atoms with Crippen LogP contribution in [0.1, 0.15) is 16.1 Å². The molecule has 0 aliphatic heterocycles. The number of hydrogen-bond acceptors (Lipinski definition) is 5. The summed E-state index contributed by atoms with van der Waals surface area (Å²) in [4.78, 5) is 19.9. The number of para-hydroxylation sites is 1. The summed E-state index contributed by atoms with van der Waals surface area (Å²) < 4.78 is 0. The molecule has 0 spiro atoms. The molecular weight excluding hydrogens is 250 g/mol. The van der Waals surface area contributed by atoms with Gasteiger partial charge in [-0.25, -0.2) is 9.98 Å². The number of rotatable bonds is 3. The molecule has 0 atom stereocenters. The number of hydrogen-bond donors (Lipinski definition) is 0. The van der Waals surface area contributed by atoms with Gasteiger partial charge < -0.3 is 0 Å². The summed E-state index contributed by atoms with van der Waals surface area (Å²) in [5, 5.41) is 11.4. The Kier molecular flexibility index (Phi) is 3.47. The molecule has 2 aromatic rings. The number of benzene rings is 1. The summed E-state index contributed by atoms with van der Waals surface area (Å²) in [5.74, 6) is 0. The average Bonchev–Trinajstić information content (AvgIpc) is 2.66. The number of aromatic nitrogens is 1. The standard InChI is InChI=1S/C12H11N3O2S/c1-8-9(2)18-12(14-8)13-7-10-5-3-4-6-11(10)15(16)17/h3-7H,1-2H3. The van der Waals surface area contributed by atoms with Crippen LogP contribution < -0.4 is 0 Å². The van der Waals surface area contributed by atoms with Crippen LogP contribution in [0.2, 0.25) is 0 Å². The van der Waals surface area contributed by atoms with Gasteiger partial charge in [0.05, 0.1) is 16.2 Å². The van der Waals surface area contributed by atoms with Gasteiger partial charge in [0.25, 0.3) is 5.69 Å². The Morgan fingerprint density at radius 2 is 2.11 bits per heavy atom. The van der Waals surface area contributed by atoms with Crippen molar-refractivity contribution in [3.05, 3.63) is 50.5 Å². The van der Waals surface area contributed by atoms with Crippen LogP contribution in [0.25, 0.3) is 0 Å². The van der Waals surface area contributed by atoms with Crippen LogP contribution in [0, 0.1) is 24.0 Å². The third kappa shape index (κ3) is 2.60. The number of aliphatic imine (C=N–C) groups is 1. The Balaban J connectivity index is 2.31. The van der Waals surface area contributed by atoms with E-state index in [0.717, 1.165) is 10.6 Å². The van der Waals surface area contributed by atoms with Crippen LogP contribution in [0.4, 0.5) is 10.8 Å². The predicted octanol–water partition coefficient (Wildman–Crippen LogP) is 3.42. The van der Waals surface area contributed by atoms with Gasteiger partial charge in [-0.2, -0.15) is 0 Å². The Hall–Kier alpha value is -2.08. The minimum absolute atomic E-state index is 0.0475. The van der Waals surface area contributed by atoms with E-state index in [1.165, 1.54) is 23.6 Å². The fourth-order valence-corrected chi connectivity index (χ4v) is 2.15. The van der Waals surface area contributed by atoms with E-state index in [-0.39, 0.29) is 5.69 Å². The largest absolute Gasteiger partial charge is 0.278 e. The van der Waals surface area contributed by atoms with E-state index in [2.05, 4.69) is 9.98 Å². The molecular formula is C12H11N3O2S. The van der Waals surface area contributed by atoms with Gasteiger partial charge in [0.15, 0.2) is 0 Å². The van der Waals surface area contributed by atoms with Crippen molar-refractivity contribution in [3.8, 4) is 0 Å². The van der Waals surface area contributed by atoms with E-state index >= 15 is 0 Å². The fourth-order valence-electron chi connectivity index (χ4n) is 1.40. The van der Waals surface area contributed by atoms with Crippen LogP contribution in [0.15, 0.2) is 29.3 Å². The summed E-state index contributed by atoms with van der Waals surface area (Å²) in [5.41, 5.74) is 1.47. The predicted molar refractivity (Wildman–Crippen MR) is 71.9 cm³/mol. The normalized spacial score (nSPS) is 11.0. The highest BCUT2D eigenvalue weighted by Gasteiger charge is 2.10. The molecule has 0 amide bonds. The van der Waals surface area contributed by atoms with E-state index in [1.807, 2.05) is 13.8 Å². The Morgan fingerprint density at radius 3 is 2.72 bits per heavy atom. The smallest absolute Gasteiger partial charge is 0.258 e. The van der Waals surface area contributed by atoms with Gasteiger partial charge >= 0.3 is 0 Å². The number of nitro groups is 1. The third-order valence-electron chi connectivity index (χ3n) is 2.46. The van der Waals surface area contributed by atoms with Crippen molar-refractivity contribution in [1.82, 2.24) is 4.98 Å². The maximum Gasteiger partial charge on any atom is 0.278 e. The molecule has 0 bridgehead atoms. The highest BCUT2D eigenvalue weighted by molar-refractivity contribution is 7.15. The Bertz CT molecular complexity index is 600. The van der Waals surface area contributed by atoms with Crippen molar-refractivity contribution in [3.63, 3.8) is 0 Å². The zero-order valence-corrected chi connectivity index (χ0v) is 10.8. The number of thiazole rings is 1. The van der Waals surface area contributed by atoms with Crippen molar-refractivity contribution in [2.24, 2.45) is 4.99 Å². The van der Waals surface area contributed by atoms with Gasteiger partial charge in [0.2, 0.25) is 5.13 Å². The lowest BCUT2D eigenvalue weighted by molar-refractivity contribution is -0.385. The first-order chi connectivity index (χ1) is 8.58. The van der Waals surface area contributed by atoms with Crippen molar-refractivity contribution < 1.29 is 4.92 Å². The molecule has 6 heteroatoms. The maximum atomic E-state index is 10.8. The molecule has 0 fully saturated rings. The van der Waals surface area contributed by atoms with Crippen molar-refractivity contribution >= 4 is 28.4 Å². The lowest BCUT2D eigenvalue weighted by Gasteiger charge is -1.94. The summed E-state index contributed by atoms with van der Waals surface area (Å²) >= 11 is 1.47. The molecule has 0 N–H and O–H groups in total. The molecule has 0 saturated carbocycles. The van der Waals surface area contributed by atoms with Gasteiger partial charge in [-0.05, 0) is 19.9 Å². The average molecular weight is 261 g/mol. The fraction of sp³-hybridized carbons (Fsp3) is 0.167. The van der Waals surface area contributed by atoms with E-state index < -0.39 is 4.92 Å². The topological polar surface area (TPSA) is 68.4 Å². The van der Waals surface area contributed by atoms with Crippen molar-refractivity contribution in [2.45, 2.75) is 13.8 Å². The second-order valence-electron chi connectivity index (χ2n) is 3.71. The van der Waals surface area contributed by atoms with Gasteiger partial charge in [-0.1, -0.05) is 23.5 Å². The maximum absolute atomic E-state index is 10.8. The van der Waals surface area contributed by atoms with Gasteiger partial charge in [0, 0.05) is 17.2 Å². The lowest BCUT2D eigenvalue weighted by atomic mass is 10.2. The molecule has 0 saturated heterocycles. The van der Waals surface area contributed by atoms with E-state index in [0.29, 0.717) is 10.7 Å². The molecule has 5 nitrogen and oxygen atoms in total. The molecule has 0 unspecified atom stereocenters. The molecule has 92 valence electrons. The SMILES string of the molecule is Cc1nc(N=Cc2ccccc2[N+](=O)[O-])sc1C. The van der Waals surface area contributed by atoms with Crippen LogP contribution in [-0.2, 0) is 0 Å². The molecule has 1 heterocycles. The zero-order valence-electron chi connectivity index (χ0n) is 9.95. The second-order valence-corrected chi connectivity index (χ2v) is 4.89. The highest BCUT2D eigenvalue weighted by Crippen LogP contribution is 2.24. The number of aryl methyl sites for hydroxylation is 2. The zero-order chi connectivity index (χ0) is 13.1. The van der Waals surface area contributed by atoms with E-state index in [1.54, 1.807) is 18.2 Å². The first-order valence-electron chi connectivity index (χ1n) is 5.29. The molecule has 0 aliphatic rings. The molecule has 1 aromatic heterocycles. The minimum atomic E-state index is -0.417. The first-order valence-corrected chi connectivity index (χ1v) is 6.11. The Morgan fingerprint density at radius 1 is 1.39 bits per heavy atom. The van der Waals surface area contributed by atoms with Crippen molar-refractivity contribution in [1.29, 1.82) is 0 Å². The van der Waals surface area contributed by atoms with Crippen molar-refractivity contribution in [2.75, 3.05) is 0 Å². The molecule has 0 radical (unpaired) electrons. The van der Waals surface area contributed by atoms with Crippen LogP contribution >= 0.6 is 11.3 Å². The van der Waals surface area contributed by atoms with E-state index in [9.17, 15) is 10.1 Å². The quantitative estimate of drug-likeness (QED) is 0.483. The summed E-state index contributed by atoms with van der Waals surface area (Å²) in [6.07, 6.45) is 1.48. The first kappa shape index (κ1) is 12.4. The molecule has 2 rings (SSSR count). The van der Waals surface area contributed by atoms with Gasteiger partial charge in [-0.3, -0.25) is 10.1 Å². The molecule has 0 aliphatic carbocycles. The van der Waals surface area contributed by atoms with Gasteiger partial charge in [0.1, 0.15) is 0 Å². The highest BCUT2D eigenvalue weighted by atomic mass is 32.1.